The zero-order chi connectivity index (χ0) is 13.0. The molecule has 2 N–H and O–H groups in total. The van der Waals surface area contributed by atoms with Crippen molar-refractivity contribution in [1.82, 2.24) is 0 Å². The summed E-state index contributed by atoms with van der Waals surface area (Å²) in [4.78, 5) is 1.05. The van der Waals surface area contributed by atoms with Crippen molar-refractivity contribution in [2.75, 3.05) is 5.73 Å². The molecule has 0 aliphatic carbocycles. The van der Waals surface area contributed by atoms with Crippen LogP contribution in [0, 0.1) is 17.1 Å². The first-order valence-electron chi connectivity index (χ1n) is 5.36. The summed E-state index contributed by atoms with van der Waals surface area (Å²) in [6, 6.07) is 14.0. The molecular weight excluding hydrogens is 247 g/mol. The molecular formula is C14H11FN2S. The molecule has 2 nitrogen and oxygen atoms in total. The molecule has 0 bridgehead atoms. The van der Waals surface area contributed by atoms with Gasteiger partial charge >= 0.3 is 0 Å². The lowest BCUT2D eigenvalue weighted by Crippen LogP contribution is -1.88. The number of halogens is 1. The molecule has 4 heteroatoms. The lowest BCUT2D eigenvalue weighted by Gasteiger charge is -2.04. The van der Waals surface area contributed by atoms with Gasteiger partial charge in [0.15, 0.2) is 0 Å². The van der Waals surface area contributed by atoms with Crippen LogP contribution in [-0.2, 0) is 5.75 Å². The van der Waals surface area contributed by atoms with Gasteiger partial charge in [-0.25, -0.2) is 4.39 Å². The number of hydrogen-bond acceptors (Lipinski definition) is 3. The molecule has 0 saturated heterocycles. The molecule has 18 heavy (non-hydrogen) atoms. The summed E-state index contributed by atoms with van der Waals surface area (Å²) in [6.45, 7) is 0. The number of nitrogen functional groups attached to an aromatic ring is 1. The van der Waals surface area contributed by atoms with Crippen LogP contribution in [0.3, 0.4) is 0 Å². The fourth-order valence-electron chi connectivity index (χ4n) is 1.52. The third kappa shape index (κ3) is 3.02. The van der Waals surface area contributed by atoms with Crippen LogP contribution < -0.4 is 5.73 Å². The minimum atomic E-state index is -0.477. The van der Waals surface area contributed by atoms with Crippen molar-refractivity contribution < 1.29 is 4.39 Å². The van der Waals surface area contributed by atoms with Gasteiger partial charge in [-0.2, -0.15) is 5.26 Å². The van der Waals surface area contributed by atoms with Crippen molar-refractivity contribution >= 4 is 17.4 Å². The highest BCUT2D eigenvalue weighted by molar-refractivity contribution is 7.98. The smallest absolute Gasteiger partial charge is 0.140 e. The van der Waals surface area contributed by atoms with E-state index in [0.29, 0.717) is 5.75 Å². The lowest BCUT2D eigenvalue weighted by molar-refractivity contribution is 0.623. The van der Waals surface area contributed by atoms with Gasteiger partial charge < -0.3 is 5.73 Å². The number of nitrogens with two attached hydrogens (primary N) is 1. The Hall–Kier alpha value is -1.99. The molecule has 0 heterocycles. The van der Waals surface area contributed by atoms with Crippen LogP contribution in [0.4, 0.5) is 10.1 Å². The molecule has 0 fully saturated rings. The number of anilines is 1. The monoisotopic (exact) mass is 258 g/mol. The summed E-state index contributed by atoms with van der Waals surface area (Å²) in [6.07, 6.45) is 0. The third-order valence-electron chi connectivity index (χ3n) is 2.41. The number of nitrogens with zero attached hydrogens (tertiary/aromatic N) is 1. The van der Waals surface area contributed by atoms with E-state index in [2.05, 4.69) is 0 Å². The molecule has 0 atom stereocenters. The zero-order valence-corrected chi connectivity index (χ0v) is 10.4. The summed E-state index contributed by atoms with van der Waals surface area (Å²) in [5.41, 5.74) is 7.41. The minimum absolute atomic E-state index is 0.0840. The number of hydrogen-bond donors (Lipinski definition) is 1. The first-order valence-corrected chi connectivity index (χ1v) is 6.34. The molecule has 0 aliphatic rings. The van der Waals surface area contributed by atoms with Gasteiger partial charge in [-0.1, -0.05) is 12.1 Å². The fourth-order valence-corrected chi connectivity index (χ4v) is 2.43. The van der Waals surface area contributed by atoms with Crippen molar-refractivity contribution in [3.05, 3.63) is 59.4 Å². The maximum Gasteiger partial charge on any atom is 0.140 e. The Balaban J connectivity index is 2.09. The third-order valence-corrected chi connectivity index (χ3v) is 3.48. The van der Waals surface area contributed by atoms with Crippen LogP contribution in [-0.4, -0.2) is 0 Å². The normalized spacial score (nSPS) is 10.0. The summed E-state index contributed by atoms with van der Waals surface area (Å²) < 4.78 is 13.1. The maximum atomic E-state index is 13.1. The second-order valence-corrected chi connectivity index (χ2v) is 4.84. The minimum Gasteiger partial charge on any atom is -0.399 e. The second kappa shape index (κ2) is 5.56. The van der Waals surface area contributed by atoms with Crippen LogP contribution in [0.1, 0.15) is 11.1 Å². The Morgan fingerprint density at radius 3 is 2.78 bits per heavy atom. The quantitative estimate of drug-likeness (QED) is 0.676. The van der Waals surface area contributed by atoms with Gasteiger partial charge in [0.25, 0.3) is 0 Å². The van der Waals surface area contributed by atoms with Crippen molar-refractivity contribution in [2.24, 2.45) is 0 Å². The SMILES string of the molecule is N#Cc1cc(CSc2cccc(N)c2)ccc1F. The topological polar surface area (TPSA) is 49.8 Å². The van der Waals surface area contributed by atoms with Crippen molar-refractivity contribution in [2.45, 2.75) is 10.6 Å². The van der Waals surface area contributed by atoms with Gasteiger partial charge in [-0.3, -0.25) is 0 Å². The van der Waals surface area contributed by atoms with Gasteiger partial charge in [0.2, 0.25) is 0 Å². The number of thioether (sulfide) groups is 1. The largest absolute Gasteiger partial charge is 0.399 e. The van der Waals surface area contributed by atoms with E-state index in [-0.39, 0.29) is 5.56 Å². The molecule has 2 rings (SSSR count). The molecule has 2 aromatic carbocycles. The van der Waals surface area contributed by atoms with Crippen LogP contribution in [0.5, 0.6) is 0 Å². The Morgan fingerprint density at radius 1 is 1.22 bits per heavy atom. The summed E-state index contributed by atoms with van der Waals surface area (Å²) in [5.74, 6) is 0.202. The van der Waals surface area contributed by atoms with Crippen molar-refractivity contribution in [3.63, 3.8) is 0 Å². The number of benzene rings is 2. The summed E-state index contributed by atoms with van der Waals surface area (Å²) in [7, 11) is 0. The molecule has 90 valence electrons. The van der Waals surface area contributed by atoms with Gasteiger partial charge in [-0.05, 0) is 35.9 Å². The first kappa shape index (κ1) is 12.5. The van der Waals surface area contributed by atoms with E-state index in [9.17, 15) is 4.39 Å². The summed E-state index contributed by atoms with van der Waals surface area (Å²) >= 11 is 1.60. The molecule has 0 spiro atoms. The Bertz CT molecular complexity index is 605. The predicted molar refractivity (Wildman–Crippen MR) is 71.5 cm³/mol. The van der Waals surface area contributed by atoms with Gasteiger partial charge in [-0.15, -0.1) is 11.8 Å². The molecule has 0 radical (unpaired) electrons. The van der Waals surface area contributed by atoms with Gasteiger partial charge in [0.1, 0.15) is 11.9 Å². The molecule has 0 unspecified atom stereocenters. The standard InChI is InChI=1S/C14H11FN2S/c15-14-5-4-10(6-11(14)8-16)9-18-13-3-1-2-12(17)7-13/h1-7H,9,17H2. The summed E-state index contributed by atoms with van der Waals surface area (Å²) in [5, 5.41) is 8.75. The Morgan fingerprint density at radius 2 is 2.06 bits per heavy atom. The van der Waals surface area contributed by atoms with Crippen LogP contribution >= 0.6 is 11.8 Å². The molecule has 2 aromatic rings. The molecule has 0 amide bonds. The molecule has 0 saturated carbocycles. The highest BCUT2D eigenvalue weighted by Gasteiger charge is 2.03. The molecule has 0 aromatic heterocycles. The zero-order valence-electron chi connectivity index (χ0n) is 9.56. The van der Waals surface area contributed by atoms with E-state index in [1.165, 1.54) is 6.07 Å². The van der Waals surface area contributed by atoms with Crippen molar-refractivity contribution in [3.8, 4) is 6.07 Å². The van der Waals surface area contributed by atoms with Gasteiger partial charge in [0.05, 0.1) is 5.56 Å². The fraction of sp³-hybridized carbons (Fsp3) is 0.0714. The van der Waals surface area contributed by atoms with E-state index in [1.54, 1.807) is 23.9 Å². The molecule has 0 aliphatic heterocycles. The lowest BCUT2D eigenvalue weighted by atomic mass is 10.1. The van der Waals surface area contributed by atoms with E-state index in [4.69, 9.17) is 11.0 Å². The second-order valence-electron chi connectivity index (χ2n) is 3.79. The Labute approximate surface area is 109 Å². The van der Waals surface area contributed by atoms with E-state index < -0.39 is 5.82 Å². The maximum absolute atomic E-state index is 13.1. The van der Waals surface area contributed by atoms with E-state index >= 15 is 0 Å². The number of nitriles is 1. The van der Waals surface area contributed by atoms with Gasteiger partial charge in [0, 0.05) is 16.3 Å². The average Bonchev–Trinajstić information content (AvgIpc) is 2.38. The Kier molecular flexibility index (Phi) is 3.85. The highest BCUT2D eigenvalue weighted by atomic mass is 32.2. The van der Waals surface area contributed by atoms with Crippen molar-refractivity contribution in [1.29, 1.82) is 5.26 Å². The van der Waals surface area contributed by atoms with E-state index in [1.807, 2.05) is 30.3 Å². The van der Waals surface area contributed by atoms with Crippen LogP contribution in [0.25, 0.3) is 0 Å². The highest BCUT2D eigenvalue weighted by Crippen LogP contribution is 2.25. The van der Waals surface area contributed by atoms with E-state index in [0.717, 1.165) is 16.1 Å². The van der Waals surface area contributed by atoms with Crippen LogP contribution in [0.2, 0.25) is 0 Å². The average molecular weight is 258 g/mol. The van der Waals surface area contributed by atoms with Crippen LogP contribution in [0.15, 0.2) is 47.4 Å². The number of rotatable bonds is 3. The first-order chi connectivity index (χ1) is 8.69. The predicted octanol–water partition coefficient (Wildman–Crippen LogP) is 3.57.